The number of aromatic nitrogens is 1. The lowest BCUT2D eigenvalue weighted by atomic mass is 10.1. The lowest BCUT2D eigenvalue weighted by Crippen LogP contribution is -2.50. The first-order chi connectivity index (χ1) is 12.3. The first-order valence-corrected chi connectivity index (χ1v) is 8.37. The smallest absolute Gasteiger partial charge is 0.379 e. The summed E-state index contributed by atoms with van der Waals surface area (Å²) in [6.45, 7) is -0.979. The maximum Gasteiger partial charge on any atom is 0.406 e. The van der Waals surface area contributed by atoms with E-state index in [9.17, 15) is 22.8 Å². The van der Waals surface area contributed by atoms with Crippen LogP contribution in [0.4, 0.5) is 13.2 Å². The van der Waals surface area contributed by atoms with Crippen LogP contribution in [-0.2, 0) is 16.1 Å². The van der Waals surface area contributed by atoms with Gasteiger partial charge in [-0.3, -0.25) is 9.59 Å². The third-order valence-electron chi connectivity index (χ3n) is 4.44. The number of pyridine rings is 1. The fourth-order valence-corrected chi connectivity index (χ4v) is 3.22. The minimum atomic E-state index is -4.49. The molecule has 1 amide bonds. The fourth-order valence-electron chi connectivity index (χ4n) is 3.22. The molecule has 0 saturated carbocycles. The van der Waals surface area contributed by atoms with E-state index in [4.69, 9.17) is 4.74 Å². The van der Waals surface area contributed by atoms with E-state index in [2.05, 4.69) is 0 Å². The van der Waals surface area contributed by atoms with Crippen LogP contribution in [0.15, 0.2) is 41.3 Å². The van der Waals surface area contributed by atoms with E-state index in [1.807, 2.05) is 0 Å². The van der Waals surface area contributed by atoms with Crippen LogP contribution in [0.2, 0.25) is 0 Å². The summed E-state index contributed by atoms with van der Waals surface area (Å²) in [6, 6.07) is 7.43. The Balaban J connectivity index is 1.88. The van der Waals surface area contributed by atoms with Crippen LogP contribution in [0, 0.1) is 0 Å². The number of para-hydroxylation sites is 1. The van der Waals surface area contributed by atoms with Crippen molar-refractivity contribution in [2.75, 3.05) is 19.8 Å². The van der Waals surface area contributed by atoms with Gasteiger partial charge in [0.2, 0.25) is 5.91 Å². The van der Waals surface area contributed by atoms with Gasteiger partial charge in [-0.1, -0.05) is 12.1 Å². The van der Waals surface area contributed by atoms with E-state index < -0.39 is 24.7 Å². The van der Waals surface area contributed by atoms with Crippen LogP contribution in [0.1, 0.15) is 12.8 Å². The van der Waals surface area contributed by atoms with Crippen LogP contribution in [0.3, 0.4) is 0 Å². The minimum Gasteiger partial charge on any atom is -0.379 e. The second-order valence-corrected chi connectivity index (χ2v) is 6.33. The van der Waals surface area contributed by atoms with Gasteiger partial charge in [0.05, 0.1) is 18.2 Å². The highest BCUT2D eigenvalue weighted by Gasteiger charge is 2.37. The number of halogens is 3. The monoisotopic (exact) mass is 368 g/mol. The summed E-state index contributed by atoms with van der Waals surface area (Å²) in [6.07, 6.45) is -1.95. The Labute approximate surface area is 148 Å². The number of nitrogens with zero attached hydrogens (tertiary/aromatic N) is 2. The summed E-state index contributed by atoms with van der Waals surface area (Å²) in [5.74, 6) is -0.647. The van der Waals surface area contributed by atoms with Gasteiger partial charge < -0.3 is 14.2 Å². The molecule has 1 aliphatic rings. The number of benzene rings is 1. The summed E-state index contributed by atoms with van der Waals surface area (Å²) in [5, 5.41) is 0.422. The van der Waals surface area contributed by atoms with Crippen molar-refractivity contribution in [2.45, 2.75) is 31.6 Å². The number of ether oxygens (including phenoxy) is 1. The molecule has 1 aromatic heterocycles. The second kappa shape index (κ2) is 7.49. The van der Waals surface area contributed by atoms with Crippen LogP contribution >= 0.6 is 0 Å². The zero-order valence-electron chi connectivity index (χ0n) is 14.0. The Kier molecular flexibility index (Phi) is 5.31. The molecule has 0 bridgehead atoms. The van der Waals surface area contributed by atoms with Gasteiger partial charge in [0, 0.05) is 24.3 Å². The Morgan fingerprint density at radius 2 is 2.04 bits per heavy atom. The van der Waals surface area contributed by atoms with E-state index in [1.165, 1.54) is 16.8 Å². The van der Waals surface area contributed by atoms with Crippen molar-refractivity contribution in [3.8, 4) is 0 Å². The Morgan fingerprint density at radius 1 is 1.27 bits per heavy atom. The average Bonchev–Trinajstić information content (AvgIpc) is 2.62. The van der Waals surface area contributed by atoms with Gasteiger partial charge in [-0.2, -0.15) is 13.2 Å². The van der Waals surface area contributed by atoms with Crippen molar-refractivity contribution < 1.29 is 22.7 Å². The van der Waals surface area contributed by atoms with Crippen molar-refractivity contribution in [1.29, 1.82) is 0 Å². The molecule has 0 N–H and O–H groups in total. The maximum atomic E-state index is 13.0. The van der Waals surface area contributed by atoms with Gasteiger partial charge in [0.25, 0.3) is 0 Å². The number of hydrogen-bond donors (Lipinski definition) is 0. The van der Waals surface area contributed by atoms with Crippen LogP contribution < -0.4 is 5.43 Å². The van der Waals surface area contributed by atoms with Crippen LogP contribution in [0.5, 0.6) is 0 Å². The first kappa shape index (κ1) is 18.4. The molecule has 26 heavy (non-hydrogen) atoms. The number of carbonyl (C=O) groups is 1. The molecule has 1 aliphatic heterocycles. The second-order valence-electron chi connectivity index (χ2n) is 6.33. The summed E-state index contributed by atoms with van der Waals surface area (Å²) < 4.78 is 45.7. The molecule has 0 radical (unpaired) electrons. The van der Waals surface area contributed by atoms with Crippen molar-refractivity contribution in [3.05, 3.63) is 46.8 Å². The van der Waals surface area contributed by atoms with Gasteiger partial charge in [0.15, 0.2) is 5.43 Å². The molecular formula is C18H19F3N2O3. The van der Waals surface area contributed by atoms with Gasteiger partial charge in [-0.25, -0.2) is 0 Å². The highest BCUT2D eigenvalue weighted by molar-refractivity contribution is 5.82. The van der Waals surface area contributed by atoms with E-state index in [0.29, 0.717) is 30.4 Å². The molecular weight excluding hydrogens is 349 g/mol. The number of fused-ring (bicyclic) bond motifs is 1. The molecule has 2 heterocycles. The molecule has 5 nitrogen and oxygen atoms in total. The third-order valence-corrected chi connectivity index (χ3v) is 4.44. The van der Waals surface area contributed by atoms with Gasteiger partial charge in [0.1, 0.15) is 13.1 Å². The van der Waals surface area contributed by atoms with Gasteiger partial charge >= 0.3 is 6.18 Å². The Bertz CT molecular complexity index is 841. The number of amides is 1. The normalized spacial score (nSPS) is 18.0. The van der Waals surface area contributed by atoms with Crippen molar-refractivity contribution in [3.63, 3.8) is 0 Å². The highest BCUT2D eigenvalue weighted by atomic mass is 19.4. The zero-order chi connectivity index (χ0) is 18.7. The zero-order valence-corrected chi connectivity index (χ0v) is 14.0. The highest BCUT2D eigenvalue weighted by Crippen LogP contribution is 2.22. The quantitative estimate of drug-likeness (QED) is 0.834. The SMILES string of the molecule is O=C(Cn1ccc(=O)c2ccccc21)N(CC(F)(F)F)C1CCCOC1. The predicted octanol–water partition coefficient (Wildman–Crippen LogP) is 2.57. The fraction of sp³-hybridized carbons (Fsp3) is 0.444. The summed E-state index contributed by atoms with van der Waals surface area (Å²) in [5.41, 5.74) is 0.317. The molecule has 1 aromatic carbocycles. The van der Waals surface area contributed by atoms with Gasteiger partial charge in [-0.15, -0.1) is 0 Å². The molecule has 3 rings (SSSR count). The predicted molar refractivity (Wildman–Crippen MR) is 89.8 cm³/mol. The lowest BCUT2D eigenvalue weighted by Gasteiger charge is -2.35. The van der Waals surface area contributed by atoms with Crippen molar-refractivity contribution in [2.24, 2.45) is 0 Å². The molecule has 0 aliphatic carbocycles. The Morgan fingerprint density at radius 3 is 2.73 bits per heavy atom. The van der Waals surface area contributed by atoms with Crippen LogP contribution in [0.25, 0.3) is 10.9 Å². The molecule has 2 aromatic rings. The molecule has 140 valence electrons. The molecule has 1 saturated heterocycles. The largest absolute Gasteiger partial charge is 0.406 e. The van der Waals surface area contributed by atoms with E-state index >= 15 is 0 Å². The number of rotatable bonds is 4. The van der Waals surface area contributed by atoms with Gasteiger partial charge in [-0.05, 0) is 25.0 Å². The standard InChI is InChI=1S/C18H19F3N2O3/c19-18(20,21)12-23(13-4-3-9-26-11-13)17(25)10-22-8-7-16(24)14-5-1-2-6-15(14)22/h1-2,5-8,13H,3-4,9-12H2. The Hall–Kier alpha value is -2.35. The van der Waals surface area contributed by atoms with Crippen LogP contribution in [-0.4, -0.2) is 47.4 Å². The van der Waals surface area contributed by atoms with E-state index in [-0.39, 0.29) is 18.6 Å². The average molecular weight is 368 g/mol. The molecule has 1 unspecified atom stereocenters. The number of carbonyl (C=O) groups excluding carboxylic acids is 1. The van der Waals surface area contributed by atoms with E-state index in [0.717, 1.165) is 4.90 Å². The topological polar surface area (TPSA) is 51.5 Å². The van der Waals surface area contributed by atoms with E-state index in [1.54, 1.807) is 24.3 Å². The molecule has 0 spiro atoms. The van der Waals surface area contributed by atoms with Crippen molar-refractivity contribution in [1.82, 2.24) is 9.47 Å². The minimum absolute atomic E-state index is 0.104. The number of alkyl halides is 3. The van der Waals surface area contributed by atoms with Crippen molar-refractivity contribution >= 4 is 16.8 Å². The lowest BCUT2D eigenvalue weighted by molar-refractivity contribution is -0.170. The summed E-state index contributed by atoms with van der Waals surface area (Å²) in [7, 11) is 0. The maximum absolute atomic E-state index is 13.0. The molecule has 1 fully saturated rings. The summed E-state index contributed by atoms with van der Waals surface area (Å²) >= 11 is 0. The summed E-state index contributed by atoms with van der Waals surface area (Å²) in [4.78, 5) is 25.5. The third kappa shape index (κ3) is 4.24. The molecule has 8 heteroatoms. The first-order valence-electron chi connectivity index (χ1n) is 8.37. The molecule has 1 atom stereocenters. The number of hydrogen-bond acceptors (Lipinski definition) is 3.